The minimum absolute atomic E-state index is 0.605. The molecular formula is C13H20ClN3. The molecule has 1 heterocycles. The Balaban J connectivity index is 1.96. The van der Waals surface area contributed by atoms with Crippen LogP contribution in [0, 0.1) is 0 Å². The molecule has 1 fully saturated rings. The van der Waals surface area contributed by atoms with E-state index in [0.717, 1.165) is 5.82 Å². The van der Waals surface area contributed by atoms with Crippen LogP contribution in [0.5, 0.6) is 0 Å². The molecule has 4 heteroatoms. The lowest BCUT2D eigenvalue weighted by Crippen LogP contribution is -2.40. The highest BCUT2D eigenvalue weighted by molar-refractivity contribution is 6.30. The first-order chi connectivity index (χ1) is 8.20. The van der Waals surface area contributed by atoms with Gasteiger partial charge < -0.3 is 10.2 Å². The predicted molar refractivity (Wildman–Crippen MR) is 72.8 cm³/mol. The van der Waals surface area contributed by atoms with Crippen molar-refractivity contribution in [2.45, 2.75) is 37.8 Å². The van der Waals surface area contributed by atoms with E-state index in [2.05, 4.69) is 29.3 Å². The van der Waals surface area contributed by atoms with Crippen LogP contribution in [-0.2, 0) is 0 Å². The molecule has 17 heavy (non-hydrogen) atoms. The highest BCUT2D eigenvalue weighted by Gasteiger charge is 2.23. The van der Waals surface area contributed by atoms with Gasteiger partial charge in [0.2, 0.25) is 0 Å². The maximum Gasteiger partial charge on any atom is 0.128 e. The summed E-state index contributed by atoms with van der Waals surface area (Å²) in [5.41, 5.74) is 0. The summed E-state index contributed by atoms with van der Waals surface area (Å²) >= 11 is 5.85. The number of pyridine rings is 1. The third-order valence-corrected chi connectivity index (χ3v) is 3.95. The lowest BCUT2D eigenvalue weighted by molar-refractivity contribution is 0.350. The lowest BCUT2D eigenvalue weighted by atomic mass is 9.90. The van der Waals surface area contributed by atoms with Gasteiger partial charge in [0, 0.05) is 25.3 Å². The molecular weight excluding hydrogens is 234 g/mol. The monoisotopic (exact) mass is 253 g/mol. The second kappa shape index (κ2) is 5.69. The van der Waals surface area contributed by atoms with Crippen LogP contribution in [0.25, 0.3) is 0 Å². The number of anilines is 1. The fourth-order valence-corrected chi connectivity index (χ4v) is 2.63. The van der Waals surface area contributed by atoms with E-state index < -0.39 is 0 Å². The van der Waals surface area contributed by atoms with Crippen LogP contribution < -0.4 is 10.2 Å². The van der Waals surface area contributed by atoms with Gasteiger partial charge in [-0.2, -0.15) is 0 Å². The summed E-state index contributed by atoms with van der Waals surface area (Å²) in [6.07, 6.45) is 6.67. The van der Waals surface area contributed by atoms with E-state index in [0.29, 0.717) is 17.1 Å². The highest BCUT2D eigenvalue weighted by atomic mass is 35.5. The van der Waals surface area contributed by atoms with E-state index in [-0.39, 0.29) is 0 Å². The van der Waals surface area contributed by atoms with Crippen molar-refractivity contribution >= 4 is 17.4 Å². The molecule has 1 saturated carbocycles. The lowest BCUT2D eigenvalue weighted by Gasteiger charge is -2.35. The van der Waals surface area contributed by atoms with Crippen molar-refractivity contribution in [1.29, 1.82) is 0 Å². The van der Waals surface area contributed by atoms with E-state index in [1.165, 1.54) is 25.7 Å². The minimum atomic E-state index is 0.605. The van der Waals surface area contributed by atoms with Gasteiger partial charge in [-0.05, 0) is 44.9 Å². The predicted octanol–water partition coefficient (Wildman–Crippen LogP) is 2.70. The zero-order valence-corrected chi connectivity index (χ0v) is 11.2. The molecule has 0 spiro atoms. The Kier molecular flexibility index (Phi) is 4.24. The first kappa shape index (κ1) is 12.7. The van der Waals surface area contributed by atoms with Gasteiger partial charge in [0.05, 0.1) is 5.02 Å². The molecule has 0 bridgehead atoms. The molecule has 1 N–H and O–H groups in total. The first-order valence-corrected chi connectivity index (χ1v) is 6.60. The van der Waals surface area contributed by atoms with Crippen LogP contribution in [-0.4, -0.2) is 31.2 Å². The number of nitrogens with zero attached hydrogens (tertiary/aromatic N) is 2. The van der Waals surface area contributed by atoms with Crippen molar-refractivity contribution in [3.8, 4) is 0 Å². The average Bonchev–Trinajstić information content (AvgIpc) is 2.39. The number of hydrogen-bond acceptors (Lipinski definition) is 3. The van der Waals surface area contributed by atoms with Gasteiger partial charge in [-0.1, -0.05) is 11.6 Å². The van der Waals surface area contributed by atoms with E-state index in [9.17, 15) is 0 Å². The molecule has 1 aliphatic carbocycles. The summed E-state index contributed by atoms with van der Waals surface area (Å²) in [4.78, 5) is 6.65. The van der Waals surface area contributed by atoms with Gasteiger partial charge in [-0.15, -0.1) is 0 Å². The summed E-state index contributed by atoms with van der Waals surface area (Å²) in [5, 5.41) is 4.05. The smallest absolute Gasteiger partial charge is 0.128 e. The molecule has 0 amide bonds. The largest absolute Gasteiger partial charge is 0.357 e. The number of nitrogens with one attached hydrogen (secondary N) is 1. The second-order valence-electron chi connectivity index (χ2n) is 4.74. The van der Waals surface area contributed by atoms with Gasteiger partial charge >= 0.3 is 0 Å². The van der Waals surface area contributed by atoms with Gasteiger partial charge in [-0.3, -0.25) is 0 Å². The van der Waals surface area contributed by atoms with Crippen LogP contribution in [0.1, 0.15) is 25.7 Å². The normalized spacial score (nSPS) is 24.6. The van der Waals surface area contributed by atoms with Gasteiger partial charge in [0.1, 0.15) is 5.82 Å². The van der Waals surface area contributed by atoms with Crippen molar-refractivity contribution in [3.63, 3.8) is 0 Å². The molecule has 3 nitrogen and oxygen atoms in total. The van der Waals surface area contributed by atoms with Crippen molar-refractivity contribution in [2.75, 3.05) is 19.0 Å². The van der Waals surface area contributed by atoms with Gasteiger partial charge in [0.25, 0.3) is 0 Å². The van der Waals surface area contributed by atoms with Gasteiger partial charge in [0.15, 0.2) is 0 Å². The highest BCUT2D eigenvalue weighted by Crippen LogP contribution is 2.25. The fraction of sp³-hybridized carbons (Fsp3) is 0.615. The fourth-order valence-electron chi connectivity index (χ4n) is 2.52. The zero-order valence-electron chi connectivity index (χ0n) is 10.5. The number of aromatic nitrogens is 1. The van der Waals surface area contributed by atoms with Crippen LogP contribution >= 0.6 is 11.6 Å². The Hall–Kier alpha value is -0.800. The summed E-state index contributed by atoms with van der Waals surface area (Å²) in [6.45, 7) is 0. The van der Waals surface area contributed by atoms with Crippen LogP contribution in [0.2, 0.25) is 5.02 Å². The molecule has 1 aromatic heterocycles. The minimum Gasteiger partial charge on any atom is -0.357 e. The topological polar surface area (TPSA) is 28.2 Å². The van der Waals surface area contributed by atoms with Crippen molar-refractivity contribution in [1.82, 2.24) is 10.3 Å². The standard InChI is InChI=1S/C13H20ClN3/c1-15-11-4-6-12(7-5-11)17(2)13-8-3-10(14)9-16-13/h3,8-9,11-12,15H,4-7H2,1-2H3. The summed E-state index contributed by atoms with van der Waals surface area (Å²) in [6, 6.07) is 5.19. The van der Waals surface area contributed by atoms with Crippen LogP contribution in [0.15, 0.2) is 18.3 Å². The molecule has 0 radical (unpaired) electrons. The second-order valence-corrected chi connectivity index (χ2v) is 5.18. The molecule has 0 atom stereocenters. The third-order valence-electron chi connectivity index (χ3n) is 3.73. The van der Waals surface area contributed by atoms with E-state index >= 15 is 0 Å². The van der Waals surface area contributed by atoms with Crippen LogP contribution in [0.4, 0.5) is 5.82 Å². The number of halogens is 1. The zero-order chi connectivity index (χ0) is 12.3. The molecule has 0 unspecified atom stereocenters. The maximum atomic E-state index is 5.85. The number of hydrogen-bond donors (Lipinski definition) is 1. The van der Waals surface area contributed by atoms with E-state index in [1.54, 1.807) is 6.20 Å². The molecule has 0 aromatic carbocycles. The molecule has 0 aliphatic heterocycles. The Labute approximate surface area is 108 Å². The first-order valence-electron chi connectivity index (χ1n) is 6.22. The van der Waals surface area contributed by atoms with Crippen molar-refractivity contribution in [3.05, 3.63) is 23.4 Å². The summed E-state index contributed by atoms with van der Waals surface area (Å²) in [5.74, 6) is 1.02. The average molecular weight is 254 g/mol. The quantitative estimate of drug-likeness (QED) is 0.898. The molecule has 94 valence electrons. The van der Waals surface area contributed by atoms with E-state index in [4.69, 9.17) is 11.6 Å². The molecule has 1 aromatic rings. The summed E-state index contributed by atoms with van der Waals surface area (Å²) in [7, 11) is 4.18. The molecule has 0 saturated heterocycles. The van der Waals surface area contributed by atoms with E-state index in [1.807, 2.05) is 12.1 Å². The van der Waals surface area contributed by atoms with Crippen molar-refractivity contribution in [2.24, 2.45) is 0 Å². The summed E-state index contributed by atoms with van der Waals surface area (Å²) < 4.78 is 0. The Morgan fingerprint density at radius 1 is 1.29 bits per heavy atom. The Bertz CT molecular complexity index is 344. The Morgan fingerprint density at radius 2 is 2.00 bits per heavy atom. The van der Waals surface area contributed by atoms with Crippen molar-refractivity contribution < 1.29 is 0 Å². The molecule has 2 rings (SSSR count). The molecule has 1 aliphatic rings. The Morgan fingerprint density at radius 3 is 2.53 bits per heavy atom. The van der Waals surface area contributed by atoms with Crippen LogP contribution in [0.3, 0.4) is 0 Å². The SMILES string of the molecule is CNC1CCC(N(C)c2ccc(Cl)cn2)CC1. The number of rotatable bonds is 3. The maximum absolute atomic E-state index is 5.85. The van der Waals surface area contributed by atoms with Gasteiger partial charge in [-0.25, -0.2) is 4.98 Å². The third kappa shape index (κ3) is 3.11.